The topological polar surface area (TPSA) is 72.2 Å². The molecule has 0 saturated carbocycles. The molecule has 0 aromatic carbocycles. The van der Waals surface area contributed by atoms with Crippen molar-refractivity contribution in [3.05, 3.63) is 18.7 Å². The number of thiophene rings is 1. The zero-order valence-electron chi connectivity index (χ0n) is 12.0. The predicted molar refractivity (Wildman–Crippen MR) is 93.9 cm³/mol. The van der Waals surface area contributed by atoms with Crippen LogP contribution in [0, 0.1) is 0 Å². The lowest BCUT2D eigenvalue weighted by molar-refractivity contribution is 0.0935. The summed E-state index contributed by atoms with van der Waals surface area (Å²) in [7, 11) is 0. The van der Waals surface area contributed by atoms with Gasteiger partial charge in [0.1, 0.15) is 0 Å². The van der Waals surface area contributed by atoms with Gasteiger partial charge in [0.25, 0.3) is 11.8 Å². The highest BCUT2D eigenvalue weighted by molar-refractivity contribution is 9.12. The molecule has 118 valence electrons. The maximum atomic E-state index is 12.2. The van der Waals surface area contributed by atoms with E-state index in [9.17, 15) is 9.59 Å². The van der Waals surface area contributed by atoms with Gasteiger partial charge in [-0.05, 0) is 38.3 Å². The first-order valence-corrected chi connectivity index (χ1v) is 9.45. The zero-order valence-corrected chi connectivity index (χ0v) is 16.0. The first kappa shape index (κ1) is 18.6. The van der Waals surface area contributed by atoms with Crippen LogP contribution >= 0.6 is 43.2 Å². The van der Waals surface area contributed by atoms with Crippen LogP contribution in [0.4, 0.5) is 0 Å². The number of rotatable bonds is 9. The third-order valence-corrected chi connectivity index (χ3v) is 5.64. The van der Waals surface area contributed by atoms with E-state index in [0.717, 1.165) is 12.8 Å². The Kier molecular flexibility index (Phi) is 8.51. The Balaban J connectivity index is 2.48. The minimum absolute atomic E-state index is 0.243. The van der Waals surface area contributed by atoms with Gasteiger partial charge >= 0.3 is 0 Å². The van der Waals surface area contributed by atoms with E-state index in [4.69, 9.17) is 5.73 Å². The van der Waals surface area contributed by atoms with Gasteiger partial charge < -0.3 is 11.1 Å². The molecule has 1 aromatic heterocycles. The highest BCUT2D eigenvalue weighted by Crippen LogP contribution is 2.36. The summed E-state index contributed by atoms with van der Waals surface area (Å²) < 4.78 is 1.19. The third-order valence-electron chi connectivity index (χ3n) is 3.11. The van der Waals surface area contributed by atoms with Gasteiger partial charge in [0.05, 0.1) is 18.7 Å². The van der Waals surface area contributed by atoms with E-state index >= 15 is 0 Å². The maximum Gasteiger partial charge on any atom is 0.254 e. The fourth-order valence-electron chi connectivity index (χ4n) is 2.00. The maximum absolute atomic E-state index is 12.2. The number of amides is 2. The van der Waals surface area contributed by atoms with E-state index in [1.807, 2.05) is 0 Å². The first-order valence-electron chi connectivity index (χ1n) is 7.04. The molecule has 0 atom stereocenters. The van der Waals surface area contributed by atoms with Gasteiger partial charge in [0.15, 0.2) is 0 Å². The van der Waals surface area contributed by atoms with Crippen LogP contribution in [0.3, 0.4) is 0 Å². The molecule has 0 aliphatic heterocycles. The Hall–Kier alpha value is -0.400. The third kappa shape index (κ3) is 5.71. The summed E-state index contributed by atoms with van der Waals surface area (Å²) in [5.41, 5.74) is 5.89. The van der Waals surface area contributed by atoms with Gasteiger partial charge in [-0.25, -0.2) is 0 Å². The second kappa shape index (κ2) is 9.58. The molecule has 0 bridgehead atoms. The molecule has 0 spiro atoms. The molecule has 21 heavy (non-hydrogen) atoms. The standard InChI is InChI=1S/C14H20Br2N2O2S/c1-2-3-4-5-6-7-8-18-14(20)10-9(13(17)19)11(15)21-12(10)16/h2-8H2,1H3,(H2,17,19)(H,18,20). The molecule has 0 aliphatic carbocycles. The van der Waals surface area contributed by atoms with Gasteiger partial charge in [0, 0.05) is 6.54 Å². The Morgan fingerprint density at radius 2 is 1.62 bits per heavy atom. The Morgan fingerprint density at radius 3 is 2.24 bits per heavy atom. The molecule has 0 unspecified atom stereocenters. The Morgan fingerprint density at radius 1 is 1.05 bits per heavy atom. The Labute approximate surface area is 146 Å². The van der Waals surface area contributed by atoms with Crippen LogP contribution in [0.1, 0.15) is 66.2 Å². The van der Waals surface area contributed by atoms with Crippen molar-refractivity contribution in [2.24, 2.45) is 5.73 Å². The highest BCUT2D eigenvalue weighted by atomic mass is 79.9. The van der Waals surface area contributed by atoms with Crippen molar-refractivity contribution in [1.82, 2.24) is 5.32 Å². The lowest BCUT2D eigenvalue weighted by Crippen LogP contribution is -2.27. The molecular weight excluding hydrogens is 420 g/mol. The lowest BCUT2D eigenvalue weighted by Gasteiger charge is -2.06. The summed E-state index contributed by atoms with van der Waals surface area (Å²) in [5.74, 6) is -0.861. The van der Waals surface area contributed by atoms with Crippen molar-refractivity contribution in [1.29, 1.82) is 0 Å². The monoisotopic (exact) mass is 438 g/mol. The molecule has 0 aliphatic rings. The fraction of sp³-hybridized carbons (Fsp3) is 0.571. The normalized spacial score (nSPS) is 10.6. The number of primary amides is 1. The number of carbonyl (C=O) groups excluding carboxylic acids is 2. The van der Waals surface area contributed by atoms with Crippen molar-refractivity contribution in [3.8, 4) is 0 Å². The van der Waals surface area contributed by atoms with E-state index in [0.29, 0.717) is 19.7 Å². The van der Waals surface area contributed by atoms with Gasteiger partial charge in [0.2, 0.25) is 0 Å². The first-order chi connectivity index (χ1) is 9.99. The summed E-state index contributed by atoms with van der Waals surface area (Å²) >= 11 is 7.85. The Bertz CT molecular complexity index is 503. The lowest BCUT2D eigenvalue weighted by atomic mass is 10.1. The molecule has 0 fully saturated rings. The smallest absolute Gasteiger partial charge is 0.254 e. The van der Waals surface area contributed by atoms with Gasteiger partial charge in [-0.3, -0.25) is 9.59 Å². The summed E-state index contributed by atoms with van der Waals surface area (Å²) in [6.07, 6.45) is 7.00. The number of nitrogens with two attached hydrogens (primary N) is 1. The van der Waals surface area contributed by atoms with Crippen LogP contribution < -0.4 is 11.1 Å². The minimum atomic E-state index is -0.603. The summed E-state index contributed by atoms with van der Waals surface area (Å²) in [4.78, 5) is 23.6. The summed E-state index contributed by atoms with van der Waals surface area (Å²) in [6.45, 7) is 2.80. The second-order valence-electron chi connectivity index (χ2n) is 4.79. The largest absolute Gasteiger partial charge is 0.366 e. The van der Waals surface area contributed by atoms with Crippen LogP contribution in [0.5, 0.6) is 0 Å². The van der Waals surface area contributed by atoms with Crippen molar-refractivity contribution >= 4 is 55.0 Å². The summed E-state index contributed by atoms with van der Waals surface area (Å²) in [6, 6.07) is 0. The number of hydrogen-bond donors (Lipinski definition) is 2. The predicted octanol–water partition coefficient (Wildman–Crippen LogP) is 4.46. The number of carbonyl (C=O) groups is 2. The molecule has 1 rings (SSSR count). The SMILES string of the molecule is CCCCCCCCNC(=O)c1c(Br)sc(Br)c1C(N)=O. The average Bonchev–Trinajstić information content (AvgIpc) is 2.72. The summed E-state index contributed by atoms with van der Waals surface area (Å²) in [5, 5.41) is 2.85. The van der Waals surface area contributed by atoms with E-state index in [1.54, 1.807) is 0 Å². The van der Waals surface area contributed by atoms with E-state index < -0.39 is 5.91 Å². The average molecular weight is 440 g/mol. The molecule has 1 aromatic rings. The van der Waals surface area contributed by atoms with E-state index in [1.165, 1.54) is 37.0 Å². The van der Waals surface area contributed by atoms with Crippen LogP contribution in [0.25, 0.3) is 0 Å². The van der Waals surface area contributed by atoms with Crippen molar-refractivity contribution in [2.45, 2.75) is 45.4 Å². The van der Waals surface area contributed by atoms with Crippen LogP contribution in [-0.4, -0.2) is 18.4 Å². The quantitative estimate of drug-likeness (QED) is 0.557. The van der Waals surface area contributed by atoms with Gasteiger partial charge in [-0.15, -0.1) is 11.3 Å². The van der Waals surface area contributed by atoms with Gasteiger partial charge in [-0.1, -0.05) is 39.0 Å². The number of halogens is 2. The fourth-order valence-corrected chi connectivity index (χ4v) is 5.15. The molecule has 2 amide bonds. The second-order valence-corrected chi connectivity index (χ2v) is 8.44. The number of nitrogens with one attached hydrogen (secondary N) is 1. The number of hydrogen-bond acceptors (Lipinski definition) is 3. The highest BCUT2D eigenvalue weighted by Gasteiger charge is 2.24. The van der Waals surface area contributed by atoms with Crippen LogP contribution in [-0.2, 0) is 0 Å². The molecular formula is C14H20Br2N2O2S. The number of unbranched alkanes of at least 4 members (excludes halogenated alkanes) is 5. The molecule has 4 nitrogen and oxygen atoms in total. The molecule has 3 N–H and O–H groups in total. The van der Waals surface area contributed by atoms with Crippen LogP contribution in [0.2, 0.25) is 0 Å². The van der Waals surface area contributed by atoms with E-state index in [2.05, 4.69) is 44.1 Å². The van der Waals surface area contributed by atoms with E-state index in [-0.39, 0.29) is 11.5 Å². The van der Waals surface area contributed by atoms with Gasteiger partial charge in [-0.2, -0.15) is 0 Å². The van der Waals surface area contributed by atoms with Crippen molar-refractivity contribution in [3.63, 3.8) is 0 Å². The van der Waals surface area contributed by atoms with Crippen molar-refractivity contribution < 1.29 is 9.59 Å². The van der Waals surface area contributed by atoms with Crippen LogP contribution in [0.15, 0.2) is 7.57 Å². The van der Waals surface area contributed by atoms with Crippen molar-refractivity contribution in [2.75, 3.05) is 6.54 Å². The minimum Gasteiger partial charge on any atom is -0.366 e. The molecule has 0 radical (unpaired) electrons. The zero-order chi connectivity index (χ0) is 15.8. The molecule has 0 saturated heterocycles. The molecule has 7 heteroatoms. The molecule has 1 heterocycles.